The van der Waals surface area contributed by atoms with Gasteiger partial charge < -0.3 is 10.2 Å². The molecule has 22 heavy (non-hydrogen) atoms. The Morgan fingerprint density at radius 1 is 0.864 bits per heavy atom. The van der Waals surface area contributed by atoms with E-state index in [0.717, 1.165) is 0 Å². The number of carboxylic acid groups (broad SMARTS) is 2. The fraction of sp³-hybridized carbons (Fsp3) is 0.118. The second-order valence-corrected chi connectivity index (χ2v) is 4.86. The summed E-state index contributed by atoms with van der Waals surface area (Å²) in [6.07, 6.45) is 0. The van der Waals surface area contributed by atoms with E-state index in [9.17, 15) is 14.4 Å². The number of carbonyl (C=O) groups excluding carboxylic acids is 1. The lowest BCUT2D eigenvalue weighted by molar-refractivity contribution is -0.138. The molecule has 0 aliphatic rings. The third-order valence-electron chi connectivity index (χ3n) is 3.45. The summed E-state index contributed by atoms with van der Waals surface area (Å²) in [6, 6.07) is 12.1. The van der Waals surface area contributed by atoms with Crippen molar-refractivity contribution in [2.75, 3.05) is 0 Å². The number of aliphatic carboxylic acids is 1. The second kappa shape index (κ2) is 6.22. The lowest BCUT2D eigenvalue weighted by Gasteiger charge is -2.08. The van der Waals surface area contributed by atoms with Gasteiger partial charge in [-0.15, -0.1) is 0 Å². The summed E-state index contributed by atoms with van der Waals surface area (Å²) >= 11 is 0. The van der Waals surface area contributed by atoms with Gasteiger partial charge in [0.25, 0.3) is 0 Å². The predicted molar refractivity (Wildman–Crippen MR) is 79.3 cm³/mol. The SMILES string of the molecule is CC(C(=O)O)c1ccc(C(=O)c2ccccc2C(=O)O)cc1. The van der Waals surface area contributed by atoms with Crippen LogP contribution in [-0.2, 0) is 4.79 Å². The van der Waals surface area contributed by atoms with Gasteiger partial charge in [0.05, 0.1) is 11.5 Å². The van der Waals surface area contributed by atoms with E-state index in [2.05, 4.69) is 0 Å². The van der Waals surface area contributed by atoms with Crippen LogP contribution in [0, 0.1) is 0 Å². The van der Waals surface area contributed by atoms with E-state index in [1.807, 2.05) is 0 Å². The highest BCUT2D eigenvalue weighted by atomic mass is 16.4. The summed E-state index contributed by atoms with van der Waals surface area (Å²) in [5.74, 6) is -3.20. The van der Waals surface area contributed by atoms with Crippen LogP contribution >= 0.6 is 0 Å². The number of ketones is 1. The molecule has 0 amide bonds. The molecule has 0 aromatic heterocycles. The summed E-state index contributed by atoms with van der Waals surface area (Å²) in [6.45, 7) is 1.55. The molecule has 0 saturated heterocycles. The van der Waals surface area contributed by atoms with Crippen molar-refractivity contribution in [2.24, 2.45) is 0 Å². The summed E-state index contributed by atoms with van der Waals surface area (Å²) in [7, 11) is 0. The van der Waals surface area contributed by atoms with Crippen molar-refractivity contribution in [3.05, 3.63) is 70.8 Å². The first-order valence-electron chi connectivity index (χ1n) is 6.61. The summed E-state index contributed by atoms with van der Waals surface area (Å²) in [4.78, 5) is 34.5. The number of hydrogen-bond donors (Lipinski definition) is 2. The average molecular weight is 298 g/mol. The minimum atomic E-state index is -1.17. The van der Waals surface area contributed by atoms with E-state index in [0.29, 0.717) is 11.1 Å². The summed E-state index contributed by atoms with van der Waals surface area (Å²) in [5, 5.41) is 18.1. The number of carbonyl (C=O) groups is 3. The molecule has 0 saturated carbocycles. The van der Waals surface area contributed by atoms with E-state index < -0.39 is 23.6 Å². The van der Waals surface area contributed by atoms with Gasteiger partial charge in [-0.3, -0.25) is 9.59 Å². The monoisotopic (exact) mass is 298 g/mol. The van der Waals surface area contributed by atoms with Gasteiger partial charge >= 0.3 is 11.9 Å². The Morgan fingerprint density at radius 3 is 1.91 bits per heavy atom. The molecule has 2 aromatic rings. The van der Waals surface area contributed by atoms with Crippen molar-refractivity contribution in [2.45, 2.75) is 12.8 Å². The summed E-state index contributed by atoms with van der Waals surface area (Å²) in [5.41, 5.74) is 0.940. The number of benzene rings is 2. The van der Waals surface area contributed by atoms with Gasteiger partial charge in [-0.25, -0.2) is 4.79 Å². The van der Waals surface area contributed by atoms with Gasteiger partial charge in [0.2, 0.25) is 0 Å². The van der Waals surface area contributed by atoms with Crippen LogP contribution < -0.4 is 0 Å². The zero-order valence-corrected chi connectivity index (χ0v) is 11.8. The first-order valence-corrected chi connectivity index (χ1v) is 6.61. The van der Waals surface area contributed by atoms with Crippen molar-refractivity contribution in [3.63, 3.8) is 0 Å². The molecule has 2 aromatic carbocycles. The topological polar surface area (TPSA) is 91.7 Å². The Hall–Kier alpha value is -2.95. The molecule has 0 aliphatic carbocycles. The zero-order chi connectivity index (χ0) is 16.3. The molecule has 0 aliphatic heterocycles. The minimum absolute atomic E-state index is 0.0597. The van der Waals surface area contributed by atoms with Crippen molar-refractivity contribution in [3.8, 4) is 0 Å². The van der Waals surface area contributed by atoms with Gasteiger partial charge in [-0.1, -0.05) is 42.5 Å². The second-order valence-electron chi connectivity index (χ2n) is 4.86. The third-order valence-corrected chi connectivity index (χ3v) is 3.45. The Labute approximate surface area is 126 Å². The molecule has 2 N–H and O–H groups in total. The molecule has 0 fully saturated rings. The zero-order valence-electron chi connectivity index (χ0n) is 11.8. The van der Waals surface area contributed by atoms with E-state index in [1.165, 1.54) is 24.3 Å². The molecular formula is C17H14O5. The van der Waals surface area contributed by atoms with Crippen molar-refractivity contribution >= 4 is 17.7 Å². The average Bonchev–Trinajstić information content (AvgIpc) is 2.53. The Bertz CT molecular complexity index is 731. The van der Waals surface area contributed by atoms with E-state index in [-0.39, 0.29) is 11.1 Å². The maximum absolute atomic E-state index is 12.4. The molecule has 1 atom stereocenters. The van der Waals surface area contributed by atoms with Crippen LogP contribution in [0.4, 0.5) is 0 Å². The molecular weight excluding hydrogens is 284 g/mol. The molecule has 0 bridgehead atoms. The molecule has 5 heteroatoms. The van der Waals surface area contributed by atoms with E-state index in [1.54, 1.807) is 31.2 Å². The maximum Gasteiger partial charge on any atom is 0.336 e. The number of rotatable bonds is 5. The van der Waals surface area contributed by atoms with E-state index in [4.69, 9.17) is 10.2 Å². The van der Waals surface area contributed by atoms with Crippen LogP contribution in [-0.4, -0.2) is 27.9 Å². The van der Waals surface area contributed by atoms with Crippen molar-refractivity contribution < 1.29 is 24.6 Å². The largest absolute Gasteiger partial charge is 0.481 e. The van der Waals surface area contributed by atoms with Gasteiger partial charge in [0.15, 0.2) is 5.78 Å². The molecule has 0 radical (unpaired) electrons. The fourth-order valence-electron chi connectivity index (χ4n) is 2.09. The molecule has 112 valence electrons. The lowest BCUT2D eigenvalue weighted by Crippen LogP contribution is -2.10. The van der Waals surface area contributed by atoms with Crippen LogP contribution in [0.3, 0.4) is 0 Å². The highest BCUT2D eigenvalue weighted by Crippen LogP contribution is 2.19. The molecule has 5 nitrogen and oxygen atoms in total. The quantitative estimate of drug-likeness (QED) is 0.828. The van der Waals surface area contributed by atoms with Gasteiger partial charge in [0, 0.05) is 11.1 Å². The van der Waals surface area contributed by atoms with Crippen LogP contribution in [0.1, 0.15) is 44.7 Å². The minimum Gasteiger partial charge on any atom is -0.481 e. The van der Waals surface area contributed by atoms with Crippen molar-refractivity contribution in [1.29, 1.82) is 0 Å². The Morgan fingerprint density at radius 2 is 1.41 bits per heavy atom. The molecule has 2 rings (SSSR count). The van der Waals surface area contributed by atoms with Gasteiger partial charge in [0.1, 0.15) is 0 Å². The highest BCUT2D eigenvalue weighted by Gasteiger charge is 2.18. The Balaban J connectivity index is 2.35. The highest BCUT2D eigenvalue weighted by molar-refractivity contribution is 6.14. The third kappa shape index (κ3) is 3.03. The standard InChI is InChI=1S/C17H14O5/c1-10(16(19)20)11-6-8-12(9-7-11)15(18)13-4-2-3-5-14(13)17(21)22/h2-10H,1H3,(H,19,20)(H,21,22). The van der Waals surface area contributed by atoms with Crippen LogP contribution in [0.5, 0.6) is 0 Å². The first kappa shape index (κ1) is 15.4. The van der Waals surface area contributed by atoms with Gasteiger partial charge in [-0.05, 0) is 18.6 Å². The number of carboxylic acids is 2. The fourth-order valence-corrected chi connectivity index (χ4v) is 2.09. The maximum atomic E-state index is 12.4. The normalized spacial score (nSPS) is 11.7. The Kier molecular flexibility index (Phi) is 4.36. The number of aromatic carboxylic acids is 1. The predicted octanol–water partition coefficient (Wildman–Crippen LogP) is 2.80. The van der Waals surface area contributed by atoms with Crippen LogP contribution in [0.25, 0.3) is 0 Å². The van der Waals surface area contributed by atoms with E-state index >= 15 is 0 Å². The molecule has 0 spiro atoms. The summed E-state index contributed by atoms with van der Waals surface area (Å²) < 4.78 is 0. The first-order chi connectivity index (χ1) is 10.4. The number of hydrogen-bond acceptors (Lipinski definition) is 3. The van der Waals surface area contributed by atoms with Crippen LogP contribution in [0.2, 0.25) is 0 Å². The van der Waals surface area contributed by atoms with Crippen molar-refractivity contribution in [1.82, 2.24) is 0 Å². The van der Waals surface area contributed by atoms with Crippen LogP contribution in [0.15, 0.2) is 48.5 Å². The molecule has 1 unspecified atom stereocenters. The molecule has 0 heterocycles. The van der Waals surface area contributed by atoms with Gasteiger partial charge in [-0.2, -0.15) is 0 Å². The lowest BCUT2D eigenvalue weighted by atomic mass is 9.95. The smallest absolute Gasteiger partial charge is 0.336 e.